The Bertz CT molecular complexity index is 19.1. The molecule has 0 amide bonds. The van der Waals surface area contributed by atoms with Gasteiger partial charge in [0.1, 0.15) is 2.07 Å². The van der Waals surface area contributed by atoms with Gasteiger partial charge in [0.15, 0.2) is 0 Å². The lowest BCUT2D eigenvalue weighted by atomic mass is 30.9. The van der Waals surface area contributed by atoms with Gasteiger partial charge in [0, 0.05) is 0 Å². The minimum absolute atomic E-state index is 1.14. The van der Waals surface area contributed by atoms with E-state index < -0.39 is 2.07 Å². The molecule has 0 saturated carbocycles. The molecule has 0 spiro atoms. The molecular formula is Br4P. The Kier molecular flexibility index (Phi) is 3.83. The zero-order valence-corrected chi connectivity index (χ0v) is 9.20. The lowest BCUT2D eigenvalue weighted by Gasteiger charge is -1.96. The Labute approximate surface area is 63.4 Å². The third-order valence-electron chi connectivity index (χ3n) is 0. The molecule has 0 aliphatic carbocycles. The number of hydrogen-bond acceptors (Lipinski definition) is 0. The highest BCUT2D eigenvalue weighted by atomic mass is 80.0. The van der Waals surface area contributed by atoms with Gasteiger partial charge in [-0.15, -0.1) is 0 Å². The molecule has 0 aromatic carbocycles. The van der Waals surface area contributed by atoms with Gasteiger partial charge in [0.25, 0.3) is 0 Å². The van der Waals surface area contributed by atoms with E-state index in [1.54, 1.807) is 0 Å². The van der Waals surface area contributed by atoms with Crippen molar-refractivity contribution in [3.63, 3.8) is 0 Å². The van der Waals surface area contributed by atoms with Crippen LogP contribution in [0, 0.1) is 0 Å². The molecule has 0 heterocycles. The van der Waals surface area contributed by atoms with Gasteiger partial charge >= 0.3 is 0 Å². The van der Waals surface area contributed by atoms with Crippen LogP contribution in [-0.2, 0) is 0 Å². The van der Waals surface area contributed by atoms with Crippen LogP contribution in [0.15, 0.2) is 0 Å². The van der Waals surface area contributed by atoms with E-state index in [2.05, 4.69) is 62.0 Å². The van der Waals surface area contributed by atoms with Gasteiger partial charge < -0.3 is 0 Å². The number of halogens is 4. The van der Waals surface area contributed by atoms with Crippen molar-refractivity contribution < 1.29 is 0 Å². The SMILES string of the molecule is Br[P](Br)(Br)Br. The third-order valence-corrected chi connectivity index (χ3v) is 0. The summed E-state index contributed by atoms with van der Waals surface area (Å²) >= 11 is 12.9. The Morgan fingerprint density at radius 1 is 0.800 bits per heavy atom. The molecule has 0 aliphatic heterocycles. The van der Waals surface area contributed by atoms with Gasteiger partial charge in [-0.05, 0) is 62.0 Å². The molecule has 0 bridgehead atoms. The summed E-state index contributed by atoms with van der Waals surface area (Å²) in [6.07, 6.45) is 0. The van der Waals surface area contributed by atoms with Gasteiger partial charge in [0.2, 0.25) is 0 Å². The van der Waals surface area contributed by atoms with E-state index in [-0.39, 0.29) is 0 Å². The minimum atomic E-state index is -1.14. The largest absolute Gasteiger partial charge is 0.117 e. The van der Waals surface area contributed by atoms with Crippen molar-refractivity contribution in [2.45, 2.75) is 0 Å². The van der Waals surface area contributed by atoms with Gasteiger partial charge in [-0.1, -0.05) is 0 Å². The maximum atomic E-state index is 3.24. The average molecular weight is 351 g/mol. The van der Waals surface area contributed by atoms with Crippen molar-refractivity contribution in [3.05, 3.63) is 0 Å². The normalized spacial score (nSPS) is 12.0. The molecule has 0 atom stereocenters. The van der Waals surface area contributed by atoms with Gasteiger partial charge in [-0.3, -0.25) is 0 Å². The van der Waals surface area contributed by atoms with Crippen LogP contribution in [0.25, 0.3) is 0 Å². The second-order valence-corrected chi connectivity index (χ2v) is 31.0. The first-order valence-electron chi connectivity index (χ1n) is 0.676. The zero-order valence-electron chi connectivity index (χ0n) is 1.96. The molecule has 0 aromatic rings. The van der Waals surface area contributed by atoms with Crippen molar-refractivity contribution in [1.29, 1.82) is 0 Å². The maximum absolute atomic E-state index is 3.24. The quantitative estimate of drug-likeness (QED) is 0.573. The molecular weight excluding hydrogens is 351 g/mol. The van der Waals surface area contributed by atoms with Gasteiger partial charge in [-0.2, -0.15) is 0 Å². The topological polar surface area (TPSA) is 0 Å². The van der Waals surface area contributed by atoms with E-state index in [1.165, 1.54) is 0 Å². The molecule has 33 valence electrons. The van der Waals surface area contributed by atoms with Crippen LogP contribution in [0.4, 0.5) is 0 Å². The highest BCUT2D eigenvalue weighted by molar-refractivity contribution is 10.2. The zero-order chi connectivity index (χ0) is 4.50. The minimum Gasteiger partial charge on any atom is -0.0293 e. The maximum Gasteiger partial charge on any atom is 0.117 e. The number of hydrogen-bond donors (Lipinski definition) is 0. The highest BCUT2D eigenvalue weighted by Gasteiger charge is 2.05. The first-order chi connectivity index (χ1) is 2.00. The summed E-state index contributed by atoms with van der Waals surface area (Å²) in [5.41, 5.74) is 0. The Morgan fingerprint density at radius 2 is 0.800 bits per heavy atom. The standard InChI is InChI=1S/Br4P/c1-5(2,3)4. The van der Waals surface area contributed by atoms with E-state index in [0.717, 1.165) is 0 Å². The molecule has 0 nitrogen and oxygen atoms in total. The highest BCUT2D eigenvalue weighted by Crippen LogP contribution is 2.85. The predicted molar refractivity (Wildman–Crippen MR) is 42.6 cm³/mol. The fourth-order valence-corrected chi connectivity index (χ4v) is 0. The van der Waals surface area contributed by atoms with Crippen molar-refractivity contribution >= 4 is 64.0 Å². The molecule has 0 rings (SSSR count). The third kappa shape index (κ3) is 21.8. The molecule has 5 heavy (non-hydrogen) atoms. The molecule has 5 heteroatoms. The van der Waals surface area contributed by atoms with Gasteiger partial charge in [0.05, 0.1) is 0 Å². The smallest absolute Gasteiger partial charge is 0.0293 e. The molecule has 0 aromatic heterocycles. The summed E-state index contributed by atoms with van der Waals surface area (Å²) < 4.78 is -1.14. The second kappa shape index (κ2) is 2.61. The molecule has 1 radical (unpaired) electrons. The van der Waals surface area contributed by atoms with Crippen molar-refractivity contribution in [3.8, 4) is 0 Å². The fourth-order valence-electron chi connectivity index (χ4n) is 0. The predicted octanol–water partition coefficient (Wildman–Crippen LogP) is 4.24. The first-order valence-corrected chi connectivity index (χ1v) is 10.5. The van der Waals surface area contributed by atoms with Crippen LogP contribution in [-0.4, -0.2) is 0 Å². The van der Waals surface area contributed by atoms with Crippen molar-refractivity contribution in [1.82, 2.24) is 0 Å². The molecule has 0 unspecified atom stereocenters. The van der Waals surface area contributed by atoms with Crippen LogP contribution >= 0.6 is 64.0 Å². The number of rotatable bonds is 0. The van der Waals surface area contributed by atoms with E-state index in [9.17, 15) is 0 Å². The molecule has 0 N–H and O–H groups in total. The summed E-state index contributed by atoms with van der Waals surface area (Å²) in [5, 5.41) is 0. The van der Waals surface area contributed by atoms with Crippen LogP contribution in [0.5, 0.6) is 0 Å². The monoisotopic (exact) mass is 347 g/mol. The summed E-state index contributed by atoms with van der Waals surface area (Å²) in [4.78, 5) is 0. The van der Waals surface area contributed by atoms with Crippen LogP contribution in [0.2, 0.25) is 0 Å². The average Bonchev–Trinajstić information content (AvgIpc) is 0.722. The Hall–Kier alpha value is 2.35. The van der Waals surface area contributed by atoms with E-state index in [0.29, 0.717) is 0 Å². The molecule has 0 aliphatic rings. The molecule has 0 fully saturated rings. The lowest BCUT2D eigenvalue weighted by Crippen LogP contribution is -1.15. The summed E-state index contributed by atoms with van der Waals surface area (Å²) in [7, 11) is 0. The van der Waals surface area contributed by atoms with Crippen molar-refractivity contribution in [2.24, 2.45) is 0 Å². The van der Waals surface area contributed by atoms with Crippen molar-refractivity contribution in [2.75, 3.05) is 0 Å². The van der Waals surface area contributed by atoms with E-state index >= 15 is 0 Å². The Balaban J connectivity index is 3.02. The van der Waals surface area contributed by atoms with Gasteiger partial charge in [-0.25, -0.2) is 0 Å². The molecule has 0 saturated heterocycles. The first kappa shape index (κ1) is 7.35. The summed E-state index contributed by atoms with van der Waals surface area (Å²) in [6.45, 7) is 0. The summed E-state index contributed by atoms with van der Waals surface area (Å²) in [5.74, 6) is 0. The van der Waals surface area contributed by atoms with Crippen LogP contribution in [0.1, 0.15) is 0 Å². The Morgan fingerprint density at radius 3 is 0.800 bits per heavy atom. The van der Waals surface area contributed by atoms with E-state index in [4.69, 9.17) is 0 Å². The van der Waals surface area contributed by atoms with Crippen LogP contribution < -0.4 is 0 Å². The van der Waals surface area contributed by atoms with Crippen LogP contribution in [0.3, 0.4) is 0 Å². The lowest BCUT2D eigenvalue weighted by molar-refractivity contribution is 5.69. The fraction of sp³-hybridized carbons (Fsp3) is 0. The second-order valence-electron chi connectivity index (χ2n) is 0.383. The van der Waals surface area contributed by atoms with E-state index in [1.807, 2.05) is 0 Å². The summed E-state index contributed by atoms with van der Waals surface area (Å²) in [6, 6.07) is 0.